The lowest BCUT2D eigenvalue weighted by molar-refractivity contribution is -0.121. The Kier molecular flexibility index (Phi) is 6.46. The zero-order chi connectivity index (χ0) is 18.4. The predicted octanol–water partition coefficient (Wildman–Crippen LogP) is 1.02. The number of hydrazine groups is 1. The molecule has 0 fully saturated rings. The van der Waals surface area contributed by atoms with Crippen molar-refractivity contribution in [3.8, 4) is 0 Å². The maximum atomic E-state index is 12.2. The number of aromatic nitrogens is 2. The molecular formula is C17H23N5O2S. The van der Waals surface area contributed by atoms with Crippen LogP contribution in [0, 0.1) is 5.92 Å². The Morgan fingerprint density at radius 3 is 2.60 bits per heavy atom. The molecule has 25 heavy (non-hydrogen) atoms. The molecule has 3 N–H and O–H groups in total. The van der Waals surface area contributed by atoms with Crippen LogP contribution in [-0.4, -0.2) is 27.3 Å². The van der Waals surface area contributed by atoms with E-state index in [1.807, 2.05) is 6.07 Å². The molecule has 0 atom stereocenters. The Bertz CT molecular complexity index is 831. The normalized spacial score (nSPS) is 10.7. The van der Waals surface area contributed by atoms with E-state index in [1.165, 1.54) is 4.68 Å². The van der Waals surface area contributed by atoms with Crippen LogP contribution in [0.2, 0.25) is 0 Å². The molecule has 0 saturated carbocycles. The Morgan fingerprint density at radius 2 is 1.92 bits per heavy atom. The van der Waals surface area contributed by atoms with Gasteiger partial charge in [0.1, 0.15) is 0 Å². The minimum Gasteiger partial charge on any atom is -0.361 e. The number of rotatable bonds is 5. The van der Waals surface area contributed by atoms with Crippen molar-refractivity contribution in [2.24, 2.45) is 13.0 Å². The van der Waals surface area contributed by atoms with Crippen LogP contribution in [0.15, 0.2) is 29.1 Å². The van der Waals surface area contributed by atoms with Gasteiger partial charge in [0.25, 0.3) is 5.56 Å². The Morgan fingerprint density at radius 1 is 1.24 bits per heavy atom. The standard InChI is InChI=1S/C17H23N5O2S/c1-11(2)8-9-18-17(25)20-19-15(23)10-14-12-6-4-5-7-13(12)16(24)22(3)21-14/h4-7,11H,8-10H2,1-3H3,(H,19,23)(H2,18,20,25). The first-order chi connectivity index (χ1) is 11.9. The van der Waals surface area contributed by atoms with Crippen molar-refractivity contribution in [2.45, 2.75) is 26.7 Å². The molecule has 0 aliphatic rings. The summed E-state index contributed by atoms with van der Waals surface area (Å²) in [6.45, 7) is 5.00. The molecule has 0 aliphatic carbocycles. The Balaban J connectivity index is 1.97. The number of benzene rings is 1. The van der Waals surface area contributed by atoms with E-state index in [2.05, 4.69) is 35.1 Å². The molecule has 2 rings (SSSR count). The molecule has 0 unspecified atom stereocenters. The van der Waals surface area contributed by atoms with E-state index in [-0.39, 0.29) is 17.9 Å². The van der Waals surface area contributed by atoms with Crippen molar-refractivity contribution in [2.75, 3.05) is 6.54 Å². The summed E-state index contributed by atoms with van der Waals surface area (Å²) in [5.41, 5.74) is 5.57. The molecule has 8 heteroatoms. The molecule has 0 bridgehead atoms. The molecule has 1 heterocycles. The summed E-state index contributed by atoms with van der Waals surface area (Å²) in [4.78, 5) is 24.2. The van der Waals surface area contributed by atoms with Crippen LogP contribution in [-0.2, 0) is 18.3 Å². The van der Waals surface area contributed by atoms with Gasteiger partial charge < -0.3 is 5.32 Å². The van der Waals surface area contributed by atoms with Crippen LogP contribution in [0.4, 0.5) is 0 Å². The monoisotopic (exact) mass is 361 g/mol. The molecule has 0 saturated heterocycles. The molecule has 134 valence electrons. The zero-order valence-electron chi connectivity index (χ0n) is 14.6. The fourth-order valence-corrected chi connectivity index (χ4v) is 2.50. The average Bonchev–Trinajstić information content (AvgIpc) is 2.57. The summed E-state index contributed by atoms with van der Waals surface area (Å²) in [5, 5.41) is 8.82. The van der Waals surface area contributed by atoms with Crippen LogP contribution in [0.3, 0.4) is 0 Å². The molecule has 0 radical (unpaired) electrons. The minimum absolute atomic E-state index is 0.0379. The third-order valence-corrected chi connectivity index (χ3v) is 3.93. The van der Waals surface area contributed by atoms with Crippen LogP contribution in [0.1, 0.15) is 26.0 Å². The first-order valence-electron chi connectivity index (χ1n) is 8.16. The van der Waals surface area contributed by atoms with Crippen LogP contribution in [0.25, 0.3) is 10.8 Å². The van der Waals surface area contributed by atoms with Gasteiger partial charge in [-0.05, 0) is 30.6 Å². The van der Waals surface area contributed by atoms with Crippen molar-refractivity contribution in [1.82, 2.24) is 25.9 Å². The number of hydrogen-bond donors (Lipinski definition) is 3. The first kappa shape index (κ1) is 18.9. The van der Waals surface area contributed by atoms with Crippen LogP contribution in [0.5, 0.6) is 0 Å². The largest absolute Gasteiger partial charge is 0.361 e. The van der Waals surface area contributed by atoms with E-state index in [9.17, 15) is 9.59 Å². The number of hydrogen-bond acceptors (Lipinski definition) is 4. The second kappa shape index (κ2) is 8.57. The van der Waals surface area contributed by atoms with E-state index in [0.29, 0.717) is 27.5 Å². The highest BCUT2D eigenvalue weighted by molar-refractivity contribution is 7.80. The van der Waals surface area contributed by atoms with Crippen molar-refractivity contribution in [1.29, 1.82) is 0 Å². The number of fused-ring (bicyclic) bond motifs is 1. The zero-order valence-corrected chi connectivity index (χ0v) is 15.4. The van der Waals surface area contributed by atoms with Gasteiger partial charge in [-0.15, -0.1) is 0 Å². The molecule has 1 aromatic carbocycles. The van der Waals surface area contributed by atoms with Gasteiger partial charge in [0, 0.05) is 19.0 Å². The number of thiocarbonyl (C=S) groups is 1. The molecule has 1 aromatic heterocycles. The molecule has 1 amide bonds. The Labute approximate surface area is 151 Å². The van der Waals surface area contributed by atoms with Gasteiger partial charge in [-0.2, -0.15) is 5.10 Å². The predicted molar refractivity (Wildman–Crippen MR) is 102 cm³/mol. The fraction of sp³-hybridized carbons (Fsp3) is 0.412. The highest BCUT2D eigenvalue weighted by Crippen LogP contribution is 2.13. The van der Waals surface area contributed by atoms with E-state index >= 15 is 0 Å². The third-order valence-electron chi connectivity index (χ3n) is 3.68. The maximum absolute atomic E-state index is 12.2. The fourth-order valence-electron chi connectivity index (χ4n) is 2.35. The van der Waals surface area contributed by atoms with E-state index in [0.717, 1.165) is 13.0 Å². The lowest BCUT2D eigenvalue weighted by atomic mass is 10.1. The quantitative estimate of drug-likeness (QED) is 0.544. The number of carbonyl (C=O) groups excluding carboxylic acids is 1. The van der Waals surface area contributed by atoms with Crippen molar-refractivity contribution >= 4 is 34.0 Å². The summed E-state index contributed by atoms with van der Waals surface area (Å²) in [6, 6.07) is 7.12. The van der Waals surface area contributed by atoms with E-state index in [4.69, 9.17) is 12.2 Å². The summed E-state index contributed by atoms with van der Waals surface area (Å²) in [5.74, 6) is 0.290. The smallest absolute Gasteiger partial charge is 0.274 e. The first-order valence-corrected chi connectivity index (χ1v) is 8.57. The summed E-state index contributed by atoms with van der Waals surface area (Å²) < 4.78 is 1.25. The molecule has 2 aromatic rings. The van der Waals surface area contributed by atoms with E-state index in [1.54, 1.807) is 25.2 Å². The third kappa shape index (κ3) is 5.25. The molecule has 0 spiro atoms. The number of amides is 1. The second-order valence-corrected chi connectivity index (χ2v) is 6.62. The molecule has 7 nitrogen and oxygen atoms in total. The SMILES string of the molecule is CC(C)CCNC(=S)NNC(=O)Cc1nn(C)c(=O)c2ccccc12. The van der Waals surface area contributed by atoms with Crippen molar-refractivity contribution in [3.05, 3.63) is 40.3 Å². The van der Waals surface area contributed by atoms with Crippen LogP contribution < -0.4 is 21.7 Å². The lowest BCUT2D eigenvalue weighted by Crippen LogP contribution is -2.47. The van der Waals surface area contributed by atoms with Gasteiger partial charge in [-0.1, -0.05) is 32.0 Å². The summed E-state index contributed by atoms with van der Waals surface area (Å²) >= 11 is 5.11. The average molecular weight is 361 g/mol. The highest BCUT2D eigenvalue weighted by atomic mass is 32.1. The Hall–Kier alpha value is -2.48. The second-order valence-electron chi connectivity index (χ2n) is 6.21. The van der Waals surface area contributed by atoms with Gasteiger partial charge in [0.15, 0.2) is 5.11 Å². The van der Waals surface area contributed by atoms with Gasteiger partial charge >= 0.3 is 0 Å². The van der Waals surface area contributed by atoms with E-state index < -0.39 is 0 Å². The highest BCUT2D eigenvalue weighted by Gasteiger charge is 2.12. The van der Waals surface area contributed by atoms with Gasteiger partial charge in [-0.3, -0.25) is 20.4 Å². The number of nitrogens with one attached hydrogen (secondary N) is 3. The minimum atomic E-state index is -0.288. The number of aryl methyl sites for hydroxylation is 1. The summed E-state index contributed by atoms with van der Waals surface area (Å²) in [6.07, 6.45) is 1.03. The van der Waals surface area contributed by atoms with Crippen molar-refractivity contribution in [3.63, 3.8) is 0 Å². The van der Waals surface area contributed by atoms with Crippen molar-refractivity contribution < 1.29 is 4.79 Å². The topological polar surface area (TPSA) is 88.0 Å². The van der Waals surface area contributed by atoms with Gasteiger partial charge in [-0.25, -0.2) is 4.68 Å². The summed E-state index contributed by atoms with van der Waals surface area (Å²) in [7, 11) is 1.57. The molecule has 0 aliphatic heterocycles. The van der Waals surface area contributed by atoms with Gasteiger partial charge in [0.05, 0.1) is 17.5 Å². The number of carbonyl (C=O) groups is 1. The van der Waals surface area contributed by atoms with Gasteiger partial charge in [0.2, 0.25) is 5.91 Å². The lowest BCUT2D eigenvalue weighted by Gasteiger charge is -2.13. The molecular weight excluding hydrogens is 338 g/mol. The van der Waals surface area contributed by atoms with Crippen LogP contribution >= 0.6 is 12.2 Å². The number of nitrogens with zero attached hydrogens (tertiary/aromatic N) is 2. The maximum Gasteiger partial charge on any atom is 0.274 e.